The van der Waals surface area contributed by atoms with Crippen molar-refractivity contribution in [3.05, 3.63) is 35.4 Å². The van der Waals surface area contributed by atoms with Crippen molar-refractivity contribution in [3.8, 4) is 6.07 Å². The van der Waals surface area contributed by atoms with Crippen LogP contribution in [0.5, 0.6) is 0 Å². The lowest BCUT2D eigenvalue weighted by molar-refractivity contribution is -0.141. The number of nitrogens with two attached hydrogens (primary N) is 1. The van der Waals surface area contributed by atoms with E-state index in [1.807, 2.05) is 22.8 Å². The lowest BCUT2D eigenvalue weighted by atomic mass is 10.0. The van der Waals surface area contributed by atoms with Crippen molar-refractivity contribution in [2.45, 2.75) is 82.8 Å². The quantitative estimate of drug-likeness (QED) is 0.549. The average Bonchev–Trinajstić information content (AvgIpc) is 3.56. The van der Waals surface area contributed by atoms with Crippen LogP contribution in [0.1, 0.15) is 68.9 Å². The zero-order chi connectivity index (χ0) is 27.8. The molecule has 0 aliphatic carbocycles. The van der Waals surface area contributed by atoms with E-state index >= 15 is 0 Å². The molecule has 4 amide bonds. The first-order chi connectivity index (χ1) is 17.9. The molecule has 3 fully saturated rings. The maximum atomic E-state index is 13.5. The molecule has 1 aromatic carbocycles. The predicted molar refractivity (Wildman–Crippen MR) is 137 cm³/mol. The van der Waals surface area contributed by atoms with Crippen molar-refractivity contribution >= 4 is 23.8 Å². The number of nitrogens with zero attached hydrogens (tertiary/aromatic N) is 4. The molecule has 11 nitrogen and oxygen atoms in total. The van der Waals surface area contributed by atoms with Gasteiger partial charge in [-0.1, -0.05) is 12.1 Å². The summed E-state index contributed by atoms with van der Waals surface area (Å²) >= 11 is 0. The number of nitriles is 1. The number of ether oxygens (including phenoxy) is 1. The number of benzene rings is 1. The van der Waals surface area contributed by atoms with Crippen molar-refractivity contribution in [1.29, 1.82) is 5.26 Å². The van der Waals surface area contributed by atoms with Crippen LogP contribution in [-0.2, 0) is 14.3 Å². The van der Waals surface area contributed by atoms with Gasteiger partial charge in [-0.05, 0) is 64.7 Å². The number of fused-ring (bicyclic) bond motifs is 2. The summed E-state index contributed by atoms with van der Waals surface area (Å²) < 4.78 is 5.39. The third-order valence-electron chi connectivity index (χ3n) is 7.48. The lowest BCUT2D eigenvalue weighted by Gasteiger charge is -2.39. The molecular weight excluding hydrogens is 488 g/mol. The van der Waals surface area contributed by atoms with Gasteiger partial charge in [0.05, 0.1) is 18.2 Å². The number of hydrogen-bond donors (Lipinski definition) is 2. The fourth-order valence-electron chi connectivity index (χ4n) is 5.75. The van der Waals surface area contributed by atoms with Crippen molar-refractivity contribution in [2.24, 2.45) is 5.73 Å². The molecule has 1 aromatic rings. The molecule has 3 saturated heterocycles. The minimum Gasteiger partial charge on any atom is -0.444 e. The van der Waals surface area contributed by atoms with Gasteiger partial charge in [-0.15, -0.1) is 0 Å². The van der Waals surface area contributed by atoms with Gasteiger partial charge < -0.3 is 25.6 Å². The number of likely N-dealkylation sites (tertiary alicyclic amines) is 3. The van der Waals surface area contributed by atoms with Gasteiger partial charge in [0, 0.05) is 31.2 Å². The third-order valence-corrected chi connectivity index (χ3v) is 7.48. The van der Waals surface area contributed by atoms with E-state index in [0.717, 1.165) is 12.0 Å². The summed E-state index contributed by atoms with van der Waals surface area (Å²) in [6, 6.07) is 6.91. The Balaban J connectivity index is 1.49. The van der Waals surface area contributed by atoms with Crippen LogP contribution in [-0.4, -0.2) is 87.9 Å². The third kappa shape index (κ3) is 5.60. The van der Waals surface area contributed by atoms with E-state index in [2.05, 4.69) is 11.4 Å². The van der Waals surface area contributed by atoms with Gasteiger partial charge in [-0.3, -0.25) is 19.3 Å². The molecule has 3 heterocycles. The highest BCUT2D eigenvalue weighted by Crippen LogP contribution is 2.38. The van der Waals surface area contributed by atoms with E-state index in [9.17, 15) is 24.4 Å². The summed E-state index contributed by atoms with van der Waals surface area (Å²) in [6.07, 6.45) is 1.21. The summed E-state index contributed by atoms with van der Waals surface area (Å²) in [5, 5.41) is 12.2. The monoisotopic (exact) mass is 524 g/mol. The van der Waals surface area contributed by atoms with Crippen LogP contribution in [0.15, 0.2) is 24.3 Å². The number of primary amides is 1. The molecule has 0 radical (unpaired) electrons. The second kappa shape index (κ2) is 10.6. The Kier molecular flexibility index (Phi) is 7.65. The summed E-state index contributed by atoms with van der Waals surface area (Å²) in [7, 11) is 0. The summed E-state index contributed by atoms with van der Waals surface area (Å²) in [5.41, 5.74) is 5.90. The van der Waals surface area contributed by atoms with Gasteiger partial charge in [-0.25, -0.2) is 4.79 Å². The Bertz CT molecular complexity index is 1160. The smallest absolute Gasteiger partial charge is 0.408 e. The Hall–Kier alpha value is -3.65. The predicted octanol–water partition coefficient (Wildman–Crippen LogP) is 1.54. The molecule has 5 atom stereocenters. The summed E-state index contributed by atoms with van der Waals surface area (Å²) in [5.74, 6) is -0.925. The van der Waals surface area contributed by atoms with Gasteiger partial charge >= 0.3 is 6.09 Å². The van der Waals surface area contributed by atoms with Crippen molar-refractivity contribution in [3.63, 3.8) is 0 Å². The molecule has 204 valence electrons. The normalized spacial score (nSPS) is 24.7. The fraction of sp³-hybridized carbons (Fsp3) is 0.593. The average molecular weight is 525 g/mol. The van der Waals surface area contributed by atoms with Crippen LogP contribution < -0.4 is 11.1 Å². The molecule has 0 saturated carbocycles. The number of carbonyl (C=O) groups is 4. The first-order valence-electron chi connectivity index (χ1n) is 13.0. The zero-order valence-corrected chi connectivity index (χ0v) is 22.3. The van der Waals surface area contributed by atoms with E-state index < -0.39 is 35.7 Å². The topological polar surface area (TPSA) is 149 Å². The summed E-state index contributed by atoms with van der Waals surface area (Å²) in [6.45, 7) is 8.27. The number of nitrogens with one attached hydrogen (secondary N) is 1. The Morgan fingerprint density at radius 2 is 2.03 bits per heavy atom. The van der Waals surface area contributed by atoms with E-state index in [0.29, 0.717) is 31.5 Å². The Morgan fingerprint density at radius 3 is 2.66 bits per heavy atom. The standard InChI is InChI=1S/C27H36N6O5/c1-16(17-7-5-8-18(11-17)23(29)34)33-20-12-22(25(33)36)31(14-20)15-21(30-26(37)38-27(2,3)4)24(35)32-10-6-9-19(32)13-28/h5,7-8,11,16,19-22H,6,9-10,12,14-15H2,1-4H3,(H2,29,34)(H,30,37)/t16-,19+,20-,21+,22-/m1/s1. The van der Waals surface area contributed by atoms with E-state index in [1.54, 1.807) is 39.0 Å². The Morgan fingerprint density at radius 1 is 1.29 bits per heavy atom. The van der Waals surface area contributed by atoms with Gasteiger partial charge in [0.15, 0.2) is 0 Å². The molecule has 0 aromatic heterocycles. The molecule has 3 N–H and O–H groups in total. The number of carbonyl (C=O) groups excluding carboxylic acids is 4. The highest BCUT2D eigenvalue weighted by Gasteiger charge is 2.52. The molecule has 0 spiro atoms. The first-order valence-corrected chi connectivity index (χ1v) is 13.0. The van der Waals surface area contributed by atoms with E-state index in [-0.39, 0.29) is 30.4 Å². The summed E-state index contributed by atoms with van der Waals surface area (Å²) in [4.78, 5) is 56.5. The lowest BCUT2D eigenvalue weighted by Crippen LogP contribution is -2.59. The minimum atomic E-state index is -0.955. The fourth-order valence-corrected chi connectivity index (χ4v) is 5.75. The van der Waals surface area contributed by atoms with Crippen LogP contribution in [0, 0.1) is 11.3 Å². The minimum absolute atomic E-state index is 0.0576. The van der Waals surface area contributed by atoms with E-state index in [1.165, 1.54) is 4.90 Å². The van der Waals surface area contributed by atoms with Gasteiger partial charge in [0.2, 0.25) is 17.7 Å². The zero-order valence-electron chi connectivity index (χ0n) is 22.3. The molecule has 38 heavy (non-hydrogen) atoms. The number of alkyl carbamates (subject to hydrolysis) is 1. The highest BCUT2D eigenvalue weighted by molar-refractivity contribution is 5.93. The number of rotatable bonds is 7. The molecule has 2 bridgehead atoms. The van der Waals surface area contributed by atoms with E-state index in [4.69, 9.17) is 10.5 Å². The van der Waals surface area contributed by atoms with Crippen LogP contribution in [0.4, 0.5) is 4.79 Å². The molecule has 4 rings (SSSR count). The van der Waals surface area contributed by atoms with Crippen molar-refractivity contribution in [1.82, 2.24) is 20.0 Å². The van der Waals surface area contributed by atoms with Crippen LogP contribution in [0.3, 0.4) is 0 Å². The van der Waals surface area contributed by atoms with Crippen molar-refractivity contribution < 1.29 is 23.9 Å². The highest BCUT2D eigenvalue weighted by atomic mass is 16.6. The second-order valence-corrected chi connectivity index (χ2v) is 11.3. The maximum absolute atomic E-state index is 13.5. The molecular formula is C27H36N6O5. The number of amides is 4. The SMILES string of the molecule is C[C@H](c1cccc(C(N)=O)c1)N1C(=O)[C@H]2C[C@@H]1CN2C[C@H](NC(=O)OC(C)(C)C)C(=O)N1CCC[C@H]1C#N. The first kappa shape index (κ1) is 27.4. The largest absolute Gasteiger partial charge is 0.444 e. The van der Waals surface area contributed by atoms with Crippen LogP contribution >= 0.6 is 0 Å². The molecule has 0 unspecified atom stereocenters. The van der Waals surface area contributed by atoms with Gasteiger partial charge in [-0.2, -0.15) is 5.26 Å². The maximum Gasteiger partial charge on any atom is 0.408 e. The number of hydrogen-bond acceptors (Lipinski definition) is 7. The Labute approximate surface area is 222 Å². The van der Waals surface area contributed by atoms with Crippen LogP contribution in [0.2, 0.25) is 0 Å². The van der Waals surface area contributed by atoms with Crippen LogP contribution in [0.25, 0.3) is 0 Å². The van der Waals surface area contributed by atoms with Gasteiger partial charge in [0.25, 0.3) is 0 Å². The molecule has 11 heteroatoms. The van der Waals surface area contributed by atoms with Crippen molar-refractivity contribution in [2.75, 3.05) is 19.6 Å². The molecule has 3 aliphatic rings. The van der Waals surface area contributed by atoms with Gasteiger partial charge in [0.1, 0.15) is 17.7 Å². The number of piperazine rings is 1. The second-order valence-electron chi connectivity index (χ2n) is 11.3. The molecule has 3 aliphatic heterocycles.